The number of hydrogen-bond donors (Lipinski definition) is 2. The maximum Gasteiger partial charge on any atom is 0.241 e. The molecule has 0 radical (unpaired) electrons. The van der Waals surface area contributed by atoms with Gasteiger partial charge in [0.05, 0.1) is 4.90 Å². The molecule has 1 aromatic rings. The van der Waals surface area contributed by atoms with Crippen molar-refractivity contribution in [1.82, 2.24) is 4.72 Å². The monoisotopic (exact) mass is 290 g/mol. The first-order valence-corrected chi connectivity index (χ1v) is 7.25. The van der Waals surface area contributed by atoms with Crippen LogP contribution in [0.5, 0.6) is 0 Å². The highest BCUT2D eigenvalue weighted by Crippen LogP contribution is 2.39. The van der Waals surface area contributed by atoms with Gasteiger partial charge in [-0.15, -0.1) is 12.4 Å². The molecular weight excluding hydrogens is 272 g/mol. The molecule has 1 saturated carbocycles. The van der Waals surface area contributed by atoms with E-state index in [2.05, 4.69) is 4.72 Å². The van der Waals surface area contributed by atoms with Gasteiger partial charge >= 0.3 is 0 Å². The Labute approximate surface area is 114 Å². The molecule has 0 heterocycles. The maximum absolute atomic E-state index is 12.2. The topological polar surface area (TPSA) is 72.2 Å². The minimum atomic E-state index is -3.47. The standard InChI is InChI=1S/C12H18N2O2S.ClH/c1-12(9-13,10-7-8-10)14-17(15,16)11-5-3-2-4-6-11;/h2-6,10,14H,7-9,13H2,1H3;1H. The fraction of sp³-hybridized carbons (Fsp3) is 0.500. The van der Waals surface area contributed by atoms with Crippen LogP contribution in [-0.4, -0.2) is 20.5 Å². The summed E-state index contributed by atoms with van der Waals surface area (Å²) in [5, 5.41) is 0. The SMILES string of the molecule is CC(CN)(NS(=O)(=O)c1ccccc1)C1CC1.Cl. The Kier molecular flexibility index (Phi) is 4.78. The Morgan fingerprint density at radius 1 is 1.33 bits per heavy atom. The molecule has 1 aromatic carbocycles. The van der Waals surface area contributed by atoms with Gasteiger partial charge in [0.25, 0.3) is 0 Å². The third-order valence-electron chi connectivity index (χ3n) is 3.32. The summed E-state index contributed by atoms with van der Waals surface area (Å²) >= 11 is 0. The predicted molar refractivity (Wildman–Crippen MR) is 74.2 cm³/mol. The second-order valence-corrected chi connectivity index (χ2v) is 6.50. The molecule has 2 rings (SSSR count). The van der Waals surface area contributed by atoms with Crippen molar-refractivity contribution in [2.75, 3.05) is 6.54 Å². The summed E-state index contributed by atoms with van der Waals surface area (Å²) in [7, 11) is -3.47. The van der Waals surface area contributed by atoms with E-state index in [1.165, 1.54) is 0 Å². The van der Waals surface area contributed by atoms with Crippen LogP contribution in [0.4, 0.5) is 0 Å². The maximum atomic E-state index is 12.2. The molecule has 0 aromatic heterocycles. The minimum Gasteiger partial charge on any atom is -0.329 e. The fourth-order valence-corrected chi connectivity index (χ4v) is 3.47. The lowest BCUT2D eigenvalue weighted by Gasteiger charge is -2.29. The lowest BCUT2D eigenvalue weighted by atomic mass is 9.98. The third-order valence-corrected chi connectivity index (χ3v) is 4.95. The van der Waals surface area contributed by atoms with Crippen LogP contribution >= 0.6 is 12.4 Å². The van der Waals surface area contributed by atoms with E-state index < -0.39 is 15.6 Å². The van der Waals surface area contributed by atoms with E-state index >= 15 is 0 Å². The molecule has 1 aliphatic carbocycles. The quantitative estimate of drug-likeness (QED) is 0.863. The number of benzene rings is 1. The highest BCUT2D eigenvalue weighted by Gasteiger charge is 2.43. The molecular formula is C12H19ClN2O2S. The van der Waals surface area contributed by atoms with Crippen molar-refractivity contribution in [2.45, 2.75) is 30.2 Å². The summed E-state index contributed by atoms with van der Waals surface area (Å²) in [4.78, 5) is 0.292. The van der Waals surface area contributed by atoms with Crippen LogP contribution in [0.25, 0.3) is 0 Å². The van der Waals surface area contributed by atoms with Gasteiger partial charge in [0.1, 0.15) is 0 Å². The van der Waals surface area contributed by atoms with Crippen LogP contribution in [0.2, 0.25) is 0 Å². The molecule has 18 heavy (non-hydrogen) atoms. The molecule has 4 nitrogen and oxygen atoms in total. The smallest absolute Gasteiger partial charge is 0.241 e. The van der Waals surface area contributed by atoms with Gasteiger partial charge in [0.15, 0.2) is 0 Å². The van der Waals surface area contributed by atoms with Crippen molar-refractivity contribution < 1.29 is 8.42 Å². The average molecular weight is 291 g/mol. The zero-order chi connectivity index (χ0) is 12.5. The van der Waals surface area contributed by atoms with E-state index in [1.54, 1.807) is 30.3 Å². The Morgan fingerprint density at radius 3 is 2.33 bits per heavy atom. The van der Waals surface area contributed by atoms with Gasteiger partial charge in [-0.05, 0) is 37.8 Å². The average Bonchev–Trinajstić information content (AvgIpc) is 3.14. The van der Waals surface area contributed by atoms with E-state index in [1.807, 2.05) is 6.92 Å². The molecule has 0 amide bonds. The van der Waals surface area contributed by atoms with Crippen LogP contribution in [0.3, 0.4) is 0 Å². The van der Waals surface area contributed by atoms with Crippen molar-refractivity contribution in [3.05, 3.63) is 30.3 Å². The Morgan fingerprint density at radius 2 is 1.89 bits per heavy atom. The summed E-state index contributed by atoms with van der Waals surface area (Å²) in [5.41, 5.74) is 5.19. The molecule has 0 bridgehead atoms. The molecule has 1 atom stereocenters. The van der Waals surface area contributed by atoms with Gasteiger partial charge in [0, 0.05) is 12.1 Å². The lowest BCUT2D eigenvalue weighted by molar-refractivity contribution is 0.374. The molecule has 3 N–H and O–H groups in total. The normalized spacial score (nSPS) is 18.8. The number of sulfonamides is 1. The van der Waals surface area contributed by atoms with E-state index in [4.69, 9.17) is 5.73 Å². The van der Waals surface area contributed by atoms with Gasteiger partial charge < -0.3 is 5.73 Å². The summed E-state index contributed by atoms with van der Waals surface area (Å²) in [5.74, 6) is 0.367. The van der Waals surface area contributed by atoms with Crippen molar-refractivity contribution in [3.63, 3.8) is 0 Å². The van der Waals surface area contributed by atoms with Gasteiger partial charge in [-0.3, -0.25) is 0 Å². The van der Waals surface area contributed by atoms with Gasteiger partial charge in [-0.2, -0.15) is 0 Å². The van der Waals surface area contributed by atoms with Crippen LogP contribution in [-0.2, 0) is 10.0 Å². The molecule has 1 fully saturated rings. The molecule has 0 aliphatic heterocycles. The van der Waals surface area contributed by atoms with Gasteiger partial charge in [-0.1, -0.05) is 18.2 Å². The molecule has 102 valence electrons. The fourth-order valence-electron chi connectivity index (χ4n) is 1.98. The first-order chi connectivity index (χ1) is 7.98. The highest BCUT2D eigenvalue weighted by atomic mass is 35.5. The van der Waals surface area contributed by atoms with Crippen LogP contribution in [0.15, 0.2) is 35.2 Å². The van der Waals surface area contributed by atoms with E-state index in [0.717, 1.165) is 12.8 Å². The van der Waals surface area contributed by atoms with Crippen LogP contribution in [0.1, 0.15) is 19.8 Å². The number of nitrogens with one attached hydrogen (secondary N) is 1. The summed E-state index contributed by atoms with van der Waals surface area (Å²) in [6, 6.07) is 8.40. The summed E-state index contributed by atoms with van der Waals surface area (Å²) in [6.07, 6.45) is 2.09. The Hall–Kier alpha value is -0.620. The molecule has 6 heteroatoms. The largest absolute Gasteiger partial charge is 0.329 e. The van der Waals surface area contributed by atoms with Crippen molar-refractivity contribution in [1.29, 1.82) is 0 Å². The van der Waals surface area contributed by atoms with Crippen molar-refractivity contribution >= 4 is 22.4 Å². The number of rotatable bonds is 5. The zero-order valence-corrected chi connectivity index (χ0v) is 11.9. The van der Waals surface area contributed by atoms with E-state index in [-0.39, 0.29) is 12.4 Å². The van der Waals surface area contributed by atoms with Crippen molar-refractivity contribution in [3.8, 4) is 0 Å². The van der Waals surface area contributed by atoms with Crippen LogP contribution in [0, 0.1) is 5.92 Å². The van der Waals surface area contributed by atoms with E-state index in [0.29, 0.717) is 17.4 Å². The first kappa shape index (κ1) is 15.4. The second-order valence-electron chi connectivity index (χ2n) is 4.81. The molecule has 1 unspecified atom stereocenters. The Bertz CT molecular complexity index is 488. The van der Waals surface area contributed by atoms with Gasteiger partial charge in [-0.25, -0.2) is 13.1 Å². The summed E-state index contributed by atoms with van der Waals surface area (Å²) < 4.78 is 27.1. The number of hydrogen-bond acceptors (Lipinski definition) is 3. The number of nitrogens with two attached hydrogens (primary N) is 1. The molecule has 0 saturated heterocycles. The van der Waals surface area contributed by atoms with E-state index in [9.17, 15) is 8.42 Å². The zero-order valence-electron chi connectivity index (χ0n) is 10.3. The highest BCUT2D eigenvalue weighted by molar-refractivity contribution is 7.89. The summed E-state index contributed by atoms with van der Waals surface area (Å²) in [6.45, 7) is 2.20. The molecule has 0 spiro atoms. The van der Waals surface area contributed by atoms with Gasteiger partial charge in [0.2, 0.25) is 10.0 Å². The predicted octanol–water partition coefficient (Wildman–Crippen LogP) is 1.51. The lowest BCUT2D eigenvalue weighted by Crippen LogP contribution is -2.52. The Balaban J connectivity index is 0.00000162. The number of halogens is 1. The van der Waals surface area contributed by atoms with Crippen molar-refractivity contribution in [2.24, 2.45) is 11.7 Å². The minimum absolute atomic E-state index is 0. The second kappa shape index (κ2) is 5.57. The third kappa shape index (κ3) is 3.23. The molecule has 1 aliphatic rings. The van der Waals surface area contributed by atoms with Crippen LogP contribution < -0.4 is 10.5 Å². The first-order valence-electron chi connectivity index (χ1n) is 5.77.